The van der Waals surface area contributed by atoms with Crippen LogP contribution in [0.15, 0.2) is 42.5 Å². The van der Waals surface area contributed by atoms with E-state index >= 15 is 0 Å². The second kappa shape index (κ2) is 5.98. The Labute approximate surface area is 114 Å². The highest BCUT2D eigenvalue weighted by molar-refractivity contribution is 5.64. The Bertz CT molecular complexity index is 559. The summed E-state index contributed by atoms with van der Waals surface area (Å²) in [5.74, 6) is -0.149. The van der Waals surface area contributed by atoms with Crippen molar-refractivity contribution in [2.24, 2.45) is 0 Å². The highest BCUT2D eigenvalue weighted by atomic mass is 19.1. The van der Waals surface area contributed by atoms with Gasteiger partial charge in [0.1, 0.15) is 5.82 Å². The molecule has 0 radical (unpaired) electrons. The van der Waals surface area contributed by atoms with Crippen LogP contribution in [0, 0.1) is 12.7 Å². The monoisotopic (exact) mass is 257 g/mol. The van der Waals surface area contributed by atoms with E-state index in [1.54, 1.807) is 13.0 Å². The average Bonchev–Trinajstić information content (AvgIpc) is 2.44. The van der Waals surface area contributed by atoms with Crippen molar-refractivity contribution in [3.8, 4) is 11.1 Å². The van der Waals surface area contributed by atoms with Gasteiger partial charge in [0.05, 0.1) is 0 Å². The lowest BCUT2D eigenvalue weighted by Crippen LogP contribution is -2.15. The molecule has 0 amide bonds. The van der Waals surface area contributed by atoms with Crippen LogP contribution in [-0.4, -0.2) is 7.05 Å². The Morgan fingerprint density at radius 2 is 1.84 bits per heavy atom. The van der Waals surface area contributed by atoms with Crippen molar-refractivity contribution in [1.82, 2.24) is 5.32 Å². The number of hydrogen-bond donors (Lipinski definition) is 1. The van der Waals surface area contributed by atoms with Gasteiger partial charge in [-0.2, -0.15) is 0 Å². The maximum absolute atomic E-state index is 13.6. The van der Waals surface area contributed by atoms with E-state index in [1.165, 1.54) is 5.56 Å². The lowest BCUT2D eigenvalue weighted by atomic mass is 9.98. The van der Waals surface area contributed by atoms with Crippen LogP contribution in [0.4, 0.5) is 4.39 Å². The first-order chi connectivity index (χ1) is 9.15. The Morgan fingerprint density at radius 3 is 2.47 bits per heavy atom. The van der Waals surface area contributed by atoms with Gasteiger partial charge in [-0.15, -0.1) is 0 Å². The van der Waals surface area contributed by atoms with E-state index in [4.69, 9.17) is 0 Å². The van der Waals surface area contributed by atoms with Crippen molar-refractivity contribution in [3.63, 3.8) is 0 Å². The van der Waals surface area contributed by atoms with Crippen molar-refractivity contribution >= 4 is 0 Å². The van der Waals surface area contributed by atoms with Gasteiger partial charge in [0.25, 0.3) is 0 Å². The number of nitrogens with one attached hydrogen (secondary N) is 1. The lowest BCUT2D eigenvalue weighted by molar-refractivity contribution is 0.577. The molecule has 0 bridgehead atoms. The molecule has 0 aliphatic heterocycles. The second-order valence-corrected chi connectivity index (χ2v) is 4.84. The standard InChI is InChI=1S/C17H20FN/c1-4-17(19-3)15-7-5-6-13(10-15)14-9-8-12(2)16(18)11-14/h5-11,17,19H,4H2,1-3H3. The Balaban J connectivity index is 2.40. The molecular weight excluding hydrogens is 237 g/mol. The first kappa shape index (κ1) is 13.8. The van der Waals surface area contributed by atoms with Crippen LogP contribution in [0.5, 0.6) is 0 Å². The van der Waals surface area contributed by atoms with E-state index in [-0.39, 0.29) is 5.82 Å². The summed E-state index contributed by atoms with van der Waals surface area (Å²) in [6.07, 6.45) is 1.03. The Morgan fingerprint density at radius 1 is 1.11 bits per heavy atom. The van der Waals surface area contributed by atoms with Crippen molar-refractivity contribution in [2.45, 2.75) is 26.3 Å². The summed E-state index contributed by atoms with van der Waals surface area (Å²) in [6, 6.07) is 14.0. The zero-order chi connectivity index (χ0) is 13.8. The van der Waals surface area contributed by atoms with Gasteiger partial charge in [-0.25, -0.2) is 4.39 Å². The predicted molar refractivity (Wildman–Crippen MR) is 78.7 cm³/mol. The van der Waals surface area contributed by atoms with E-state index in [2.05, 4.69) is 24.4 Å². The molecular formula is C17H20FN. The normalized spacial score (nSPS) is 12.4. The van der Waals surface area contributed by atoms with E-state index in [0.717, 1.165) is 17.5 Å². The predicted octanol–water partition coefficient (Wildman–Crippen LogP) is 4.47. The molecule has 2 aromatic rings. The molecule has 100 valence electrons. The molecule has 0 spiro atoms. The highest BCUT2D eigenvalue weighted by Gasteiger charge is 2.08. The van der Waals surface area contributed by atoms with Crippen LogP contribution in [0.3, 0.4) is 0 Å². The third kappa shape index (κ3) is 3.02. The Kier molecular flexibility index (Phi) is 4.33. The van der Waals surface area contributed by atoms with Gasteiger partial charge in [0.15, 0.2) is 0 Å². The first-order valence-electron chi connectivity index (χ1n) is 6.69. The number of benzene rings is 2. The molecule has 0 aliphatic rings. The van der Waals surface area contributed by atoms with Gasteiger partial charge in [-0.1, -0.05) is 37.3 Å². The SMILES string of the molecule is CCC(NC)c1cccc(-c2ccc(C)c(F)c2)c1. The minimum absolute atomic E-state index is 0.149. The maximum Gasteiger partial charge on any atom is 0.126 e. The van der Waals surface area contributed by atoms with E-state index in [9.17, 15) is 4.39 Å². The van der Waals surface area contributed by atoms with E-state index in [1.807, 2.05) is 31.3 Å². The summed E-state index contributed by atoms with van der Waals surface area (Å²) < 4.78 is 13.6. The number of hydrogen-bond acceptors (Lipinski definition) is 1. The van der Waals surface area contributed by atoms with Gasteiger partial charge < -0.3 is 5.32 Å². The molecule has 0 saturated heterocycles. The maximum atomic E-state index is 13.6. The minimum atomic E-state index is -0.149. The highest BCUT2D eigenvalue weighted by Crippen LogP contribution is 2.25. The molecule has 1 N–H and O–H groups in total. The molecule has 0 saturated carbocycles. The van der Waals surface area contributed by atoms with Gasteiger partial charge in [-0.3, -0.25) is 0 Å². The molecule has 1 atom stereocenters. The number of halogens is 1. The quantitative estimate of drug-likeness (QED) is 0.852. The Hall–Kier alpha value is -1.67. The van der Waals surface area contributed by atoms with Crippen LogP contribution < -0.4 is 5.32 Å². The number of rotatable bonds is 4. The number of aryl methyl sites for hydroxylation is 1. The second-order valence-electron chi connectivity index (χ2n) is 4.84. The fourth-order valence-electron chi connectivity index (χ4n) is 2.31. The zero-order valence-corrected chi connectivity index (χ0v) is 11.7. The largest absolute Gasteiger partial charge is 0.313 e. The van der Waals surface area contributed by atoms with E-state index < -0.39 is 0 Å². The van der Waals surface area contributed by atoms with Gasteiger partial charge >= 0.3 is 0 Å². The fourth-order valence-corrected chi connectivity index (χ4v) is 2.31. The van der Waals surface area contributed by atoms with Gasteiger partial charge in [0.2, 0.25) is 0 Å². The summed E-state index contributed by atoms with van der Waals surface area (Å²) >= 11 is 0. The van der Waals surface area contributed by atoms with Crippen LogP contribution in [0.2, 0.25) is 0 Å². The molecule has 19 heavy (non-hydrogen) atoms. The summed E-state index contributed by atoms with van der Waals surface area (Å²) in [5, 5.41) is 3.29. The smallest absolute Gasteiger partial charge is 0.126 e. The first-order valence-corrected chi connectivity index (χ1v) is 6.69. The topological polar surface area (TPSA) is 12.0 Å². The fraction of sp³-hybridized carbons (Fsp3) is 0.294. The summed E-state index contributed by atoms with van der Waals surface area (Å²) in [4.78, 5) is 0. The minimum Gasteiger partial charge on any atom is -0.313 e. The molecule has 0 fully saturated rings. The third-order valence-electron chi connectivity index (χ3n) is 3.55. The molecule has 0 heterocycles. The summed E-state index contributed by atoms with van der Waals surface area (Å²) in [5.41, 5.74) is 3.91. The van der Waals surface area contributed by atoms with Crippen molar-refractivity contribution in [1.29, 1.82) is 0 Å². The molecule has 0 aromatic heterocycles. The molecule has 1 unspecified atom stereocenters. The van der Waals surface area contributed by atoms with Crippen LogP contribution in [0.1, 0.15) is 30.5 Å². The molecule has 2 rings (SSSR count). The van der Waals surface area contributed by atoms with Crippen LogP contribution in [-0.2, 0) is 0 Å². The third-order valence-corrected chi connectivity index (χ3v) is 3.55. The molecule has 0 aliphatic carbocycles. The molecule has 2 heteroatoms. The van der Waals surface area contributed by atoms with Gasteiger partial charge in [0, 0.05) is 6.04 Å². The van der Waals surface area contributed by atoms with Crippen LogP contribution >= 0.6 is 0 Å². The van der Waals surface area contributed by atoms with Crippen molar-refractivity contribution in [2.75, 3.05) is 7.05 Å². The van der Waals surface area contributed by atoms with Gasteiger partial charge in [-0.05, 0) is 54.8 Å². The van der Waals surface area contributed by atoms with Crippen molar-refractivity contribution in [3.05, 3.63) is 59.4 Å². The molecule has 2 aromatic carbocycles. The summed E-state index contributed by atoms with van der Waals surface area (Å²) in [6.45, 7) is 3.93. The van der Waals surface area contributed by atoms with Crippen molar-refractivity contribution < 1.29 is 4.39 Å². The van der Waals surface area contributed by atoms with E-state index in [0.29, 0.717) is 11.6 Å². The summed E-state index contributed by atoms with van der Waals surface area (Å²) in [7, 11) is 1.96. The zero-order valence-electron chi connectivity index (χ0n) is 11.7. The molecule has 1 nitrogen and oxygen atoms in total. The van der Waals surface area contributed by atoms with Crippen LogP contribution in [0.25, 0.3) is 11.1 Å². The lowest BCUT2D eigenvalue weighted by Gasteiger charge is -2.15. The average molecular weight is 257 g/mol.